The highest BCUT2D eigenvalue weighted by molar-refractivity contribution is 5.92. The summed E-state index contributed by atoms with van der Waals surface area (Å²) in [7, 11) is 0. The van der Waals surface area contributed by atoms with Crippen LogP contribution in [0.25, 0.3) is 0 Å². The molecule has 1 amide bonds. The van der Waals surface area contributed by atoms with Crippen molar-refractivity contribution in [2.45, 2.75) is 26.8 Å². The summed E-state index contributed by atoms with van der Waals surface area (Å²) in [4.78, 5) is 12.1. The Morgan fingerprint density at radius 3 is 2.43 bits per heavy atom. The highest BCUT2D eigenvalue weighted by Gasteiger charge is 2.16. The summed E-state index contributed by atoms with van der Waals surface area (Å²) >= 11 is 0. The molecule has 0 spiro atoms. The molecule has 0 unspecified atom stereocenters. The third kappa shape index (κ3) is 5.18. The summed E-state index contributed by atoms with van der Waals surface area (Å²) in [5, 5.41) is 6.13. The van der Waals surface area contributed by atoms with E-state index in [1.807, 2.05) is 31.2 Å². The Balaban J connectivity index is 1.96. The quantitative estimate of drug-likeness (QED) is 0.844. The largest absolute Gasteiger partial charge is 0.325 e. The SMILES string of the molecule is Cc1cccc(NC(=O)CN[C@@H](c2ccc(F)cc2)C(C)C)c1. The number of benzene rings is 2. The van der Waals surface area contributed by atoms with Gasteiger partial charge in [-0.15, -0.1) is 0 Å². The minimum Gasteiger partial charge on any atom is -0.325 e. The molecule has 0 saturated carbocycles. The van der Waals surface area contributed by atoms with Crippen LogP contribution in [0.1, 0.15) is 31.0 Å². The minimum atomic E-state index is -0.256. The molecule has 23 heavy (non-hydrogen) atoms. The van der Waals surface area contributed by atoms with E-state index in [0.29, 0.717) is 0 Å². The number of carbonyl (C=O) groups is 1. The number of rotatable bonds is 6. The summed E-state index contributed by atoms with van der Waals surface area (Å²) in [6.07, 6.45) is 0. The maximum absolute atomic E-state index is 13.1. The van der Waals surface area contributed by atoms with E-state index in [4.69, 9.17) is 0 Å². The number of hydrogen-bond acceptors (Lipinski definition) is 2. The average molecular weight is 314 g/mol. The van der Waals surface area contributed by atoms with E-state index < -0.39 is 0 Å². The van der Waals surface area contributed by atoms with Crippen LogP contribution in [0.3, 0.4) is 0 Å². The lowest BCUT2D eigenvalue weighted by Gasteiger charge is -2.23. The fourth-order valence-corrected chi connectivity index (χ4v) is 2.54. The maximum Gasteiger partial charge on any atom is 0.238 e. The monoisotopic (exact) mass is 314 g/mol. The first-order valence-electron chi connectivity index (χ1n) is 7.81. The molecule has 0 bridgehead atoms. The van der Waals surface area contributed by atoms with Crippen molar-refractivity contribution >= 4 is 11.6 Å². The number of anilines is 1. The van der Waals surface area contributed by atoms with Crippen molar-refractivity contribution in [2.75, 3.05) is 11.9 Å². The summed E-state index contributed by atoms with van der Waals surface area (Å²) in [6, 6.07) is 14.1. The maximum atomic E-state index is 13.1. The molecule has 0 aliphatic carbocycles. The van der Waals surface area contributed by atoms with Crippen LogP contribution in [0.2, 0.25) is 0 Å². The second-order valence-corrected chi connectivity index (χ2v) is 6.07. The third-order valence-electron chi connectivity index (χ3n) is 3.68. The highest BCUT2D eigenvalue weighted by atomic mass is 19.1. The molecule has 0 aromatic heterocycles. The van der Waals surface area contributed by atoms with Gasteiger partial charge in [0.05, 0.1) is 6.54 Å². The third-order valence-corrected chi connectivity index (χ3v) is 3.68. The molecule has 122 valence electrons. The van der Waals surface area contributed by atoms with Crippen LogP contribution in [-0.4, -0.2) is 12.5 Å². The van der Waals surface area contributed by atoms with Crippen molar-refractivity contribution in [1.82, 2.24) is 5.32 Å². The molecule has 0 radical (unpaired) electrons. The number of halogens is 1. The first-order valence-corrected chi connectivity index (χ1v) is 7.81. The number of amides is 1. The van der Waals surface area contributed by atoms with Gasteiger partial charge < -0.3 is 10.6 Å². The molecule has 0 saturated heterocycles. The molecule has 2 aromatic carbocycles. The Hall–Kier alpha value is -2.20. The van der Waals surface area contributed by atoms with Gasteiger partial charge in [-0.2, -0.15) is 0 Å². The molecule has 2 rings (SSSR count). The van der Waals surface area contributed by atoms with Gasteiger partial charge in [0.2, 0.25) is 5.91 Å². The van der Waals surface area contributed by atoms with E-state index in [1.54, 1.807) is 12.1 Å². The van der Waals surface area contributed by atoms with Crippen LogP contribution in [-0.2, 0) is 4.79 Å². The van der Waals surface area contributed by atoms with E-state index >= 15 is 0 Å². The molecule has 0 aliphatic rings. The van der Waals surface area contributed by atoms with Crippen LogP contribution in [0.5, 0.6) is 0 Å². The summed E-state index contributed by atoms with van der Waals surface area (Å²) in [5.41, 5.74) is 2.87. The average Bonchev–Trinajstić information content (AvgIpc) is 2.49. The number of hydrogen-bond donors (Lipinski definition) is 2. The lowest BCUT2D eigenvalue weighted by Crippen LogP contribution is -2.33. The van der Waals surface area contributed by atoms with E-state index in [-0.39, 0.29) is 30.2 Å². The van der Waals surface area contributed by atoms with Crippen LogP contribution in [0.4, 0.5) is 10.1 Å². The van der Waals surface area contributed by atoms with Gasteiger partial charge in [0.15, 0.2) is 0 Å². The number of nitrogens with one attached hydrogen (secondary N) is 2. The normalized spacial score (nSPS) is 12.2. The van der Waals surface area contributed by atoms with Crippen molar-refractivity contribution < 1.29 is 9.18 Å². The predicted octanol–water partition coefficient (Wildman–Crippen LogP) is 4.06. The fraction of sp³-hybridized carbons (Fsp3) is 0.316. The van der Waals surface area contributed by atoms with Gasteiger partial charge in [-0.25, -0.2) is 4.39 Å². The van der Waals surface area contributed by atoms with Crippen LogP contribution in [0.15, 0.2) is 48.5 Å². The minimum absolute atomic E-state index is 0.00106. The summed E-state index contributed by atoms with van der Waals surface area (Å²) in [6.45, 7) is 6.32. The van der Waals surface area contributed by atoms with Crippen molar-refractivity contribution in [2.24, 2.45) is 5.92 Å². The molecule has 2 aromatic rings. The van der Waals surface area contributed by atoms with Crippen molar-refractivity contribution in [3.05, 3.63) is 65.5 Å². The molecule has 0 aliphatic heterocycles. The summed E-state index contributed by atoms with van der Waals surface area (Å²) < 4.78 is 13.1. The van der Waals surface area contributed by atoms with Gasteiger partial charge >= 0.3 is 0 Å². The molecule has 0 fully saturated rings. The molecule has 0 heterocycles. The molecule has 3 nitrogen and oxygen atoms in total. The Bertz CT molecular complexity index is 653. The van der Waals surface area contributed by atoms with Crippen molar-refractivity contribution in [1.29, 1.82) is 0 Å². The van der Waals surface area contributed by atoms with Crippen molar-refractivity contribution in [3.8, 4) is 0 Å². The Kier molecular flexibility index (Phi) is 5.88. The van der Waals surface area contributed by atoms with E-state index in [1.165, 1.54) is 12.1 Å². The van der Waals surface area contributed by atoms with Crippen molar-refractivity contribution in [3.63, 3.8) is 0 Å². The molecule has 2 N–H and O–H groups in total. The first kappa shape index (κ1) is 17.2. The molecule has 4 heteroatoms. The van der Waals surface area contributed by atoms with Gasteiger partial charge in [0.1, 0.15) is 5.82 Å². The lowest BCUT2D eigenvalue weighted by molar-refractivity contribution is -0.115. The van der Waals surface area contributed by atoms with Gasteiger partial charge in [-0.05, 0) is 48.2 Å². The zero-order valence-electron chi connectivity index (χ0n) is 13.8. The van der Waals surface area contributed by atoms with Gasteiger partial charge in [-0.1, -0.05) is 38.1 Å². The molecular formula is C19H23FN2O. The number of aryl methyl sites for hydroxylation is 1. The fourth-order valence-electron chi connectivity index (χ4n) is 2.54. The van der Waals surface area contributed by atoms with Crippen LogP contribution in [0, 0.1) is 18.7 Å². The number of carbonyl (C=O) groups excluding carboxylic acids is 1. The predicted molar refractivity (Wildman–Crippen MR) is 91.8 cm³/mol. The second kappa shape index (κ2) is 7.88. The lowest BCUT2D eigenvalue weighted by atomic mass is 9.96. The molecular weight excluding hydrogens is 291 g/mol. The van der Waals surface area contributed by atoms with E-state index in [9.17, 15) is 9.18 Å². The van der Waals surface area contributed by atoms with Gasteiger partial charge in [0, 0.05) is 11.7 Å². The second-order valence-electron chi connectivity index (χ2n) is 6.07. The van der Waals surface area contributed by atoms with E-state index in [0.717, 1.165) is 16.8 Å². The van der Waals surface area contributed by atoms with Crippen LogP contribution >= 0.6 is 0 Å². The highest BCUT2D eigenvalue weighted by Crippen LogP contribution is 2.21. The van der Waals surface area contributed by atoms with Gasteiger partial charge in [0.25, 0.3) is 0 Å². The molecule has 1 atom stereocenters. The Morgan fingerprint density at radius 2 is 1.83 bits per heavy atom. The first-order chi connectivity index (χ1) is 11.0. The topological polar surface area (TPSA) is 41.1 Å². The van der Waals surface area contributed by atoms with E-state index in [2.05, 4.69) is 24.5 Å². The summed E-state index contributed by atoms with van der Waals surface area (Å²) in [5.74, 6) is -0.0657. The zero-order chi connectivity index (χ0) is 16.8. The Labute approximate surface area is 136 Å². The standard InChI is InChI=1S/C19H23FN2O/c1-13(2)19(15-7-9-16(20)10-8-15)21-12-18(23)22-17-6-4-5-14(3)11-17/h4-11,13,19,21H,12H2,1-3H3,(H,22,23)/t19-/m1/s1. The smallest absolute Gasteiger partial charge is 0.238 e. The van der Waals surface area contributed by atoms with Gasteiger partial charge in [-0.3, -0.25) is 4.79 Å². The zero-order valence-corrected chi connectivity index (χ0v) is 13.8. The van der Waals surface area contributed by atoms with Crippen LogP contribution < -0.4 is 10.6 Å². The Morgan fingerprint density at radius 1 is 1.13 bits per heavy atom.